The van der Waals surface area contributed by atoms with E-state index in [4.69, 9.17) is 5.11 Å². The molecule has 0 fully saturated rings. The van der Waals surface area contributed by atoms with Crippen molar-refractivity contribution in [2.24, 2.45) is 0 Å². The van der Waals surface area contributed by atoms with Crippen LogP contribution in [-0.2, 0) is 4.79 Å². The summed E-state index contributed by atoms with van der Waals surface area (Å²) in [6.07, 6.45) is 23.5. The summed E-state index contributed by atoms with van der Waals surface area (Å²) in [5.41, 5.74) is 0. The van der Waals surface area contributed by atoms with Gasteiger partial charge >= 0.3 is 5.97 Å². The molecular formula is C23H49NO2. The maximum Gasteiger partial charge on any atom is 0.303 e. The van der Waals surface area contributed by atoms with Gasteiger partial charge in [-0.05, 0) is 27.1 Å². The van der Waals surface area contributed by atoms with Gasteiger partial charge in [0.25, 0.3) is 0 Å². The first-order chi connectivity index (χ1) is 12.5. The molecule has 0 aromatic carbocycles. The molecule has 0 saturated carbocycles. The van der Waals surface area contributed by atoms with E-state index in [1.165, 1.54) is 109 Å². The van der Waals surface area contributed by atoms with Crippen LogP contribution in [0.3, 0.4) is 0 Å². The fourth-order valence-electron chi connectivity index (χ4n) is 2.98. The molecule has 0 aliphatic rings. The Balaban J connectivity index is 0. The molecule has 0 aliphatic carbocycles. The first-order valence-corrected chi connectivity index (χ1v) is 11.4. The van der Waals surface area contributed by atoms with Gasteiger partial charge in [-0.3, -0.25) is 4.79 Å². The number of hydrogen-bond donors (Lipinski definition) is 1. The van der Waals surface area contributed by atoms with Crippen LogP contribution in [0.4, 0.5) is 0 Å². The van der Waals surface area contributed by atoms with E-state index >= 15 is 0 Å². The van der Waals surface area contributed by atoms with Crippen molar-refractivity contribution >= 4 is 5.97 Å². The van der Waals surface area contributed by atoms with E-state index in [-0.39, 0.29) is 6.42 Å². The largest absolute Gasteiger partial charge is 0.481 e. The zero-order valence-electron chi connectivity index (χ0n) is 18.5. The molecule has 0 aliphatic heterocycles. The summed E-state index contributed by atoms with van der Waals surface area (Å²) in [6.45, 7) is 5.16. The van der Waals surface area contributed by atoms with Crippen molar-refractivity contribution in [1.82, 2.24) is 4.90 Å². The first-order valence-electron chi connectivity index (χ1n) is 11.4. The van der Waals surface area contributed by atoms with Gasteiger partial charge in [-0.15, -0.1) is 0 Å². The second kappa shape index (κ2) is 24.4. The molecule has 0 aromatic rings. The molecule has 0 heterocycles. The highest BCUT2D eigenvalue weighted by molar-refractivity contribution is 5.66. The second-order valence-corrected chi connectivity index (χ2v) is 7.85. The predicted molar refractivity (Wildman–Crippen MR) is 116 cm³/mol. The highest BCUT2D eigenvalue weighted by Crippen LogP contribution is 2.13. The Bertz CT molecular complexity index is 267. The van der Waals surface area contributed by atoms with E-state index in [2.05, 4.69) is 25.9 Å². The number of carbonyl (C=O) groups is 1. The fourth-order valence-corrected chi connectivity index (χ4v) is 2.98. The average molecular weight is 372 g/mol. The Kier molecular flexibility index (Phi) is 26.0. The van der Waals surface area contributed by atoms with Crippen LogP contribution < -0.4 is 0 Å². The van der Waals surface area contributed by atoms with Gasteiger partial charge in [0, 0.05) is 6.42 Å². The van der Waals surface area contributed by atoms with E-state index in [0.717, 1.165) is 0 Å². The van der Waals surface area contributed by atoms with Gasteiger partial charge in [0.1, 0.15) is 0 Å². The molecule has 0 aromatic heterocycles. The highest BCUT2D eigenvalue weighted by Gasteiger charge is 1.95. The van der Waals surface area contributed by atoms with E-state index in [0.29, 0.717) is 0 Å². The summed E-state index contributed by atoms with van der Waals surface area (Å²) in [6, 6.07) is 0. The SMILES string of the molecule is CCC(=O)O.CCCCCCCCCCCCCCCCCCN(C)C. The Morgan fingerprint density at radius 1 is 0.615 bits per heavy atom. The third-order valence-corrected chi connectivity index (χ3v) is 4.76. The summed E-state index contributed by atoms with van der Waals surface area (Å²) in [5.74, 6) is -0.745. The van der Waals surface area contributed by atoms with Crippen LogP contribution in [0.25, 0.3) is 0 Å². The molecule has 0 atom stereocenters. The fraction of sp³-hybridized carbons (Fsp3) is 0.957. The molecule has 0 spiro atoms. The maximum absolute atomic E-state index is 9.37. The van der Waals surface area contributed by atoms with Gasteiger partial charge in [-0.1, -0.05) is 110 Å². The highest BCUT2D eigenvalue weighted by atomic mass is 16.4. The van der Waals surface area contributed by atoms with E-state index in [1.807, 2.05) is 0 Å². The Labute approximate surface area is 164 Å². The summed E-state index contributed by atoms with van der Waals surface area (Å²) >= 11 is 0. The van der Waals surface area contributed by atoms with Crippen LogP contribution in [0.5, 0.6) is 0 Å². The van der Waals surface area contributed by atoms with E-state index < -0.39 is 5.97 Å². The van der Waals surface area contributed by atoms with Crippen LogP contribution >= 0.6 is 0 Å². The molecule has 0 bridgehead atoms. The molecule has 158 valence electrons. The number of rotatable bonds is 18. The topological polar surface area (TPSA) is 40.5 Å². The molecular weight excluding hydrogens is 322 g/mol. The van der Waals surface area contributed by atoms with Gasteiger partial charge in [0.15, 0.2) is 0 Å². The third-order valence-electron chi connectivity index (χ3n) is 4.76. The van der Waals surface area contributed by atoms with Crippen LogP contribution in [0.2, 0.25) is 0 Å². The maximum atomic E-state index is 9.37. The Morgan fingerprint density at radius 2 is 0.885 bits per heavy atom. The molecule has 0 radical (unpaired) electrons. The standard InChI is InChI=1S/C20H43N.C3H6O2/c1-4-5-6-7-8-9-10-11-12-13-14-15-16-17-18-19-20-21(2)3;1-2-3(4)5/h4-20H2,1-3H3;2H2,1H3,(H,4,5). The van der Waals surface area contributed by atoms with Crippen LogP contribution in [0.15, 0.2) is 0 Å². The van der Waals surface area contributed by atoms with Crippen molar-refractivity contribution in [2.45, 2.75) is 123 Å². The molecule has 0 saturated heterocycles. The van der Waals surface area contributed by atoms with Gasteiger partial charge < -0.3 is 10.0 Å². The molecule has 0 rings (SSSR count). The summed E-state index contributed by atoms with van der Waals surface area (Å²) < 4.78 is 0. The smallest absolute Gasteiger partial charge is 0.303 e. The Hall–Kier alpha value is -0.570. The van der Waals surface area contributed by atoms with Crippen molar-refractivity contribution in [1.29, 1.82) is 0 Å². The number of carboxylic acid groups (broad SMARTS) is 1. The van der Waals surface area contributed by atoms with Gasteiger partial charge in [0.05, 0.1) is 0 Å². The quantitative estimate of drug-likeness (QED) is 0.257. The van der Waals surface area contributed by atoms with Crippen LogP contribution in [-0.4, -0.2) is 36.6 Å². The monoisotopic (exact) mass is 371 g/mol. The lowest BCUT2D eigenvalue weighted by Crippen LogP contribution is -2.12. The van der Waals surface area contributed by atoms with Gasteiger partial charge in [-0.25, -0.2) is 0 Å². The number of carboxylic acids is 1. The predicted octanol–water partition coefficient (Wildman–Crippen LogP) is 7.29. The van der Waals surface area contributed by atoms with Crippen molar-refractivity contribution in [3.63, 3.8) is 0 Å². The number of hydrogen-bond acceptors (Lipinski definition) is 2. The minimum atomic E-state index is -0.745. The number of unbranched alkanes of at least 4 members (excludes halogenated alkanes) is 15. The molecule has 1 N–H and O–H groups in total. The van der Waals surface area contributed by atoms with Gasteiger partial charge in [0.2, 0.25) is 0 Å². The molecule has 3 nitrogen and oxygen atoms in total. The normalized spacial score (nSPS) is 10.7. The lowest BCUT2D eigenvalue weighted by Gasteiger charge is -2.08. The third kappa shape index (κ3) is 31.2. The molecule has 3 heteroatoms. The molecule has 0 amide bonds. The zero-order valence-corrected chi connectivity index (χ0v) is 18.5. The minimum absolute atomic E-state index is 0.222. The second-order valence-electron chi connectivity index (χ2n) is 7.85. The average Bonchev–Trinajstić information content (AvgIpc) is 2.61. The molecule has 0 unspecified atom stereocenters. The van der Waals surface area contributed by atoms with Crippen molar-refractivity contribution < 1.29 is 9.90 Å². The zero-order chi connectivity index (χ0) is 19.9. The van der Waals surface area contributed by atoms with Gasteiger partial charge in [-0.2, -0.15) is 0 Å². The van der Waals surface area contributed by atoms with E-state index in [1.54, 1.807) is 6.92 Å². The van der Waals surface area contributed by atoms with Crippen molar-refractivity contribution in [2.75, 3.05) is 20.6 Å². The van der Waals surface area contributed by atoms with E-state index in [9.17, 15) is 4.79 Å². The Morgan fingerprint density at radius 3 is 1.12 bits per heavy atom. The van der Waals surface area contributed by atoms with Crippen molar-refractivity contribution in [3.05, 3.63) is 0 Å². The lowest BCUT2D eigenvalue weighted by molar-refractivity contribution is -0.136. The summed E-state index contributed by atoms with van der Waals surface area (Å²) in [5, 5.41) is 7.72. The summed E-state index contributed by atoms with van der Waals surface area (Å²) in [7, 11) is 4.34. The van der Waals surface area contributed by atoms with Crippen LogP contribution in [0.1, 0.15) is 123 Å². The number of aliphatic carboxylic acids is 1. The van der Waals surface area contributed by atoms with Crippen LogP contribution in [0, 0.1) is 0 Å². The lowest BCUT2D eigenvalue weighted by atomic mass is 10.0. The molecule has 26 heavy (non-hydrogen) atoms. The summed E-state index contributed by atoms with van der Waals surface area (Å²) in [4.78, 5) is 11.7. The first kappa shape index (κ1) is 27.6. The van der Waals surface area contributed by atoms with Crippen molar-refractivity contribution in [3.8, 4) is 0 Å². The number of nitrogens with zero attached hydrogens (tertiary/aromatic N) is 1. The minimum Gasteiger partial charge on any atom is -0.481 e.